The number of piperidine rings is 1. The highest BCUT2D eigenvalue weighted by Crippen LogP contribution is 2.10. The van der Waals surface area contributed by atoms with Gasteiger partial charge in [0.25, 0.3) is 0 Å². The average Bonchev–Trinajstić information content (AvgIpc) is 2.91. The molecule has 108 valence electrons. The molecule has 1 aliphatic rings. The van der Waals surface area contributed by atoms with E-state index in [1.165, 1.54) is 19.2 Å². The summed E-state index contributed by atoms with van der Waals surface area (Å²) in [6, 6.07) is 0.347. The van der Waals surface area contributed by atoms with Crippen molar-refractivity contribution in [1.82, 2.24) is 25.2 Å². The quantitative estimate of drug-likeness (QED) is 0.645. The van der Waals surface area contributed by atoms with Crippen LogP contribution in [0.1, 0.15) is 31.5 Å². The Morgan fingerprint density at radius 2 is 2.32 bits per heavy atom. The average molecular weight is 287 g/mol. The zero-order valence-electron chi connectivity index (χ0n) is 10.9. The van der Waals surface area contributed by atoms with E-state index in [1.807, 2.05) is 0 Å². The molecule has 0 radical (unpaired) electrons. The van der Waals surface area contributed by atoms with Gasteiger partial charge in [0.15, 0.2) is 0 Å². The van der Waals surface area contributed by atoms with Crippen LogP contribution in [0.25, 0.3) is 0 Å². The van der Waals surface area contributed by atoms with E-state index in [4.69, 9.17) is 0 Å². The third-order valence-corrected chi connectivity index (χ3v) is 4.71. The predicted octanol–water partition coefficient (Wildman–Crippen LogP) is -0.201. The summed E-state index contributed by atoms with van der Waals surface area (Å²) in [6.45, 7) is 1.36. The van der Waals surface area contributed by atoms with Crippen molar-refractivity contribution in [2.24, 2.45) is 0 Å². The second-order valence-corrected chi connectivity index (χ2v) is 6.76. The van der Waals surface area contributed by atoms with E-state index < -0.39 is 10.0 Å². The Morgan fingerprint density at radius 1 is 1.42 bits per heavy atom. The summed E-state index contributed by atoms with van der Waals surface area (Å²) in [4.78, 5) is 3.94. The molecule has 3 N–H and O–H groups in total. The maximum Gasteiger partial charge on any atom is 0.211 e. The number of rotatable bonds is 7. The van der Waals surface area contributed by atoms with E-state index in [0.29, 0.717) is 31.3 Å². The molecular formula is C11H21N5O2S. The molecule has 2 heterocycles. The molecule has 8 heteroatoms. The molecule has 1 fully saturated rings. The molecule has 0 saturated carbocycles. The Labute approximate surface area is 113 Å². The molecule has 7 nitrogen and oxygen atoms in total. The van der Waals surface area contributed by atoms with E-state index in [2.05, 4.69) is 25.2 Å². The van der Waals surface area contributed by atoms with Gasteiger partial charge in [0.2, 0.25) is 10.0 Å². The van der Waals surface area contributed by atoms with E-state index in [9.17, 15) is 8.42 Å². The molecule has 1 unspecified atom stereocenters. The lowest BCUT2D eigenvalue weighted by atomic mass is 10.0. The van der Waals surface area contributed by atoms with Crippen LogP contribution in [0.15, 0.2) is 6.33 Å². The second kappa shape index (κ2) is 6.97. The standard InChI is InChI=1S/C11H21N5O2S/c17-19(18,8-5-10-3-1-2-6-12-10)15-7-4-11-13-9-14-16-11/h9-10,12,15H,1-8H2,(H,13,14,16). The van der Waals surface area contributed by atoms with Gasteiger partial charge in [0, 0.05) is 19.0 Å². The van der Waals surface area contributed by atoms with Gasteiger partial charge in [0.1, 0.15) is 12.2 Å². The molecule has 1 atom stereocenters. The molecule has 2 rings (SSSR count). The molecule has 0 spiro atoms. The summed E-state index contributed by atoms with van der Waals surface area (Å²) < 4.78 is 26.2. The van der Waals surface area contributed by atoms with Crippen molar-refractivity contribution in [2.75, 3.05) is 18.8 Å². The summed E-state index contributed by atoms with van der Waals surface area (Å²) in [5.74, 6) is 0.873. The highest BCUT2D eigenvalue weighted by molar-refractivity contribution is 7.89. The third kappa shape index (κ3) is 5.25. The molecule has 0 bridgehead atoms. The van der Waals surface area contributed by atoms with Crippen molar-refractivity contribution in [3.63, 3.8) is 0 Å². The lowest BCUT2D eigenvalue weighted by molar-refractivity contribution is 0.392. The number of hydrogen-bond acceptors (Lipinski definition) is 5. The van der Waals surface area contributed by atoms with Crippen LogP contribution in [0, 0.1) is 0 Å². The number of sulfonamides is 1. The van der Waals surface area contributed by atoms with E-state index in [-0.39, 0.29) is 5.75 Å². The fourth-order valence-electron chi connectivity index (χ4n) is 2.22. The molecular weight excluding hydrogens is 266 g/mol. The SMILES string of the molecule is O=S(=O)(CCC1CCCCN1)NCCc1ncn[nH]1. The molecule has 0 aromatic carbocycles. The maximum absolute atomic E-state index is 11.8. The Bertz CT molecular complexity index is 453. The van der Waals surface area contributed by atoms with E-state index in [1.54, 1.807) is 0 Å². The number of hydrogen-bond donors (Lipinski definition) is 3. The van der Waals surface area contributed by atoms with Crippen molar-refractivity contribution in [2.45, 2.75) is 38.1 Å². The lowest BCUT2D eigenvalue weighted by Crippen LogP contribution is -2.37. The van der Waals surface area contributed by atoms with Gasteiger partial charge >= 0.3 is 0 Å². The molecule has 19 heavy (non-hydrogen) atoms. The normalized spacial score (nSPS) is 20.5. The highest BCUT2D eigenvalue weighted by atomic mass is 32.2. The van der Waals surface area contributed by atoms with Crippen molar-refractivity contribution in [1.29, 1.82) is 0 Å². The van der Waals surface area contributed by atoms with Crippen molar-refractivity contribution in [3.8, 4) is 0 Å². The van der Waals surface area contributed by atoms with Crippen LogP contribution >= 0.6 is 0 Å². The van der Waals surface area contributed by atoms with Gasteiger partial charge in [-0.3, -0.25) is 5.10 Å². The Morgan fingerprint density at radius 3 is 3.00 bits per heavy atom. The lowest BCUT2D eigenvalue weighted by Gasteiger charge is -2.23. The predicted molar refractivity (Wildman–Crippen MR) is 72.1 cm³/mol. The van der Waals surface area contributed by atoms with Gasteiger partial charge in [-0.05, 0) is 25.8 Å². The minimum absolute atomic E-state index is 0.182. The first-order chi connectivity index (χ1) is 9.16. The largest absolute Gasteiger partial charge is 0.314 e. The van der Waals surface area contributed by atoms with E-state index >= 15 is 0 Å². The second-order valence-electron chi connectivity index (χ2n) is 4.83. The maximum atomic E-state index is 11.8. The zero-order valence-corrected chi connectivity index (χ0v) is 11.7. The number of aromatic amines is 1. The zero-order chi connectivity index (χ0) is 13.6. The van der Waals surface area contributed by atoms with Crippen LogP contribution in [0.4, 0.5) is 0 Å². The smallest absolute Gasteiger partial charge is 0.211 e. The Kier molecular flexibility index (Phi) is 5.29. The fourth-order valence-corrected chi connectivity index (χ4v) is 3.37. The highest BCUT2D eigenvalue weighted by Gasteiger charge is 2.17. The Balaban J connectivity index is 1.66. The topological polar surface area (TPSA) is 99.8 Å². The van der Waals surface area contributed by atoms with Gasteiger partial charge < -0.3 is 5.32 Å². The van der Waals surface area contributed by atoms with Crippen molar-refractivity contribution < 1.29 is 8.42 Å². The fraction of sp³-hybridized carbons (Fsp3) is 0.818. The van der Waals surface area contributed by atoms with Crippen LogP contribution in [0.3, 0.4) is 0 Å². The van der Waals surface area contributed by atoms with Crippen LogP contribution in [0.5, 0.6) is 0 Å². The number of nitrogens with one attached hydrogen (secondary N) is 3. The molecule has 1 saturated heterocycles. The van der Waals surface area contributed by atoms with Crippen LogP contribution in [-0.4, -0.2) is 48.5 Å². The van der Waals surface area contributed by atoms with Crippen LogP contribution < -0.4 is 10.0 Å². The Hall–Kier alpha value is -0.990. The van der Waals surface area contributed by atoms with Gasteiger partial charge in [0.05, 0.1) is 5.75 Å². The summed E-state index contributed by atoms with van der Waals surface area (Å²) in [5.41, 5.74) is 0. The first kappa shape index (κ1) is 14.4. The molecule has 0 aliphatic carbocycles. The summed E-state index contributed by atoms with van der Waals surface area (Å²) in [6.07, 6.45) is 6.08. The van der Waals surface area contributed by atoms with Crippen LogP contribution in [-0.2, 0) is 16.4 Å². The van der Waals surface area contributed by atoms with Crippen LogP contribution in [0.2, 0.25) is 0 Å². The number of H-pyrrole nitrogens is 1. The monoisotopic (exact) mass is 287 g/mol. The van der Waals surface area contributed by atoms with Crippen molar-refractivity contribution >= 4 is 10.0 Å². The number of nitrogens with zero attached hydrogens (tertiary/aromatic N) is 2. The van der Waals surface area contributed by atoms with Gasteiger partial charge in [-0.2, -0.15) is 5.10 Å². The van der Waals surface area contributed by atoms with Gasteiger partial charge in [-0.25, -0.2) is 18.1 Å². The van der Waals surface area contributed by atoms with Gasteiger partial charge in [-0.1, -0.05) is 6.42 Å². The molecule has 0 amide bonds. The summed E-state index contributed by atoms with van der Waals surface area (Å²) >= 11 is 0. The molecule has 1 aromatic rings. The molecule has 1 aromatic heterocycles. The molecule has 1 aliphatic heterocycles. The first-order valence-corrected chi connectivity index (χ1v) is 8.36. The number of aromatic nitrogens is 3. The third-order valence-electron chi connectivity index (χ3n) is 3.30. The first-order valence-electron chi connectivity index (χ1n) is 6.71. The summed E-state index contributed by atoms with van der Waals surface area (Å²) in [7, 11) is -3.19. The van der Waals surface area contributed by atoms with Gasteiger partial charge in [-0.15, -0.1) is 0 Å². The van der Waals surface area contributed by atoms with Crippen molar-refractivity contribution in [3.05, 3.63) is 12.2 Å². The minimum Gasteiger partial charge on any atom is -0.314 e. The van der Waals surface area contributed by atoms with E-state index in [0.717, 1.165) is 13.0 Å². The summed E-state index contributed by atoms with van der Waals surface area (Å²) in [5, 5.41) is 9.77. The minimum atomic E-state index is -3.19.